The van der Waals surface area contributed by atoms with Crippen LogP contribution < -0.4 is 10.1 Å². The van der Waals surface area contributed by atoms with Gasteiger partial charge in [-0.25, -0.2) is 0 Å². The summed E-state index contributed by atoms with van der Waals surface area (Å²) in [7, 11) is 0. The molecule has 0 unspecified atom stereocenters. The maximum absolute atomic E-state index is 8.70. The minimum atomic E-state index is 0.325. The smallest absolute Gasteiger partial charge is 0.203 e. The van der Waals surface area contributed by atoms with Crippen LogP contribution in [0.25, 0.3) is 0 Å². The first-order chi connectivity index (χ1) is 9.22. The lowest BCUT2D eigenvalue weighted by Crippen LogP contribution is -2.02. The summed E-state index contributed by atoms with van der Waals surface area (Å²) in [6, 6.07) is 11.4. The summed E-state index contributed by atoms with van der Waals surface area (Å²) < 4.78 is 10.9. The minimum absolute atomic E-state index is 0.325. The van der Waals surface area contributed by atoms with Crippen molar-refractivity contribution in [1.82, 2.24) is 0 Å². The standard InChI is InChI=1S/C15H16N2O2/c1-3-18-15-8-11(2)4-7-14(15)17-10-13-6-5-12(9-16)19-13/h4-8,17H,3,10H2,1-2H3. The van der Waals surface area contributed by atoms with Crippen LogP contribution in [0.5, 0.6) is 5.75 Å². The molecule has 0 fully saturated rings. The molecular formula is C15H16N2O2. The third kappa shape index (κ3) is 3.29. The number of rotatable bonds is 5. The third-order valence-corrected chi connectivity index (χ3v) is 2.66. The maximum Gasteiger partial charge on any atom is 0.203 e. The zero-order valence-corrected chi connectivity index (χ0v) is 11.1. The molecule has 1 heterocycles. The normalized spacial score (nSPS) is 9.95. The Bertz CT molecular complexity index is 596. The van der Waals surface area contributed by atoms with Gasteiger partial charge in [0.15, 0.2) is 0 Å². The van der Waals surface area contributed by atoms with E-state index in [4.69, 9.17) is 14.4 Å². The van der Waals surface area contributed by atoms with Crippen LogP contribution in [-0.2, 0) is 6.54 Å². The van der Waals surface area contributed by atoms with E-state index >= 15 is 0 Å². The van der Waals surface area contributed by atoms with Gasteiger partial charge in [0.05, 0.1) is 18.8 Å². The number of nitrogens with zero attached hydrogens (tertiary/aromatic N) is 1. The number of benzene rings is 1. The number of nitrogens with one attached hydrogen (secondary N) is 1. The average Bonchev–Trinajstić information content (AvgIpc) is 2.86. The van der Waals surface area contributed by atoms with E-state index in [1.54, 1.807) is 12.1 Å². The second-order valence-electron chi connectivity index (χ2n) is 4.16. The highest BCUT2D eigenvalue weighted by Gasteiger charge is 2.05. The van der Waals surface area contributed by atoms with Crippen molar-refractivity contribution >= 4 is 5.69 Å². The van der Waals surface area contributed by atoms with E-state index in [0.717, 1.165) is 22.8 Å². The first kappa shape index (κ1) is 13.0. The van der Waals surface area contributed by atoms with E-state index < -0.39 is 0 Å². The van der Waals surface area contributed by atoms with E-state index in [2.05, 4.69) is 5.32 Å². The van der Waals surface area contributed by atoms with E-state index in [0.29, 0.717) is 18.9 Å². The fourth-order valence-electron chi connectivity index (χ4n) is 1.77. The Kier molecular flexibility index (Phi) is 4.09. The lowest BCUT2D eigenvalue weighted by Gasteiger charge is -2.12. The lowest BCUT2D eigenvalue weighted by molar-refractivity contribution is 0.341. The second-order valence-corrected chi connectivity index (χ2v) is 4.16. The van der Waals surface area contributed by atoms with Crippen LogP contribution in [0.1, 0.15) is 24.0 Å². The molecule has 2 aromatic rings. The highest BCUT2D eigenvalue weighted by molar-refractivity contribution is 5.57. The second kappa shape index (κ2) is 5.96. The molecule has 1 N–H and O–H groups in total. The summed E-state index contributed by atoms with van der Waals surface area (Å²) in [6.45, 7) is 5.12. The summed E-state index contributed by atoms with van der Waals surface area (Å²) in [5.74, 6) is 1.87. The molecule has 1 aromatic heterocycles. The molecule has 0 spiro atoms. The maximum atomic E-state index is 8.70. The number of nitriles is 1. The van der Waals surface area contributed by atoms with Crippen LogP contribution >= 0.6 is 0 Å². The van der Waals surface area contributed by atoms with Gasteiger partial charge in [0.2, 0.25) is 5.76 Å². The van der Waals surface area contributed by atoms with Crippen LogP contribution in [0.4, 0.5) is 5.69 Å². The van der Waals surface area contributed by atoms with Gasteiger partial charge in [-0.2, -0.15) is 5.26 Å². The Hall–Kier alpha value is -2.41. The first-order valence-electron chi connectivity index (χ1n) is 6.19. The molecule has 0 aliphatic carbocycles. The summed E-state index contributed by atoms with van der Waals surface area (Å²) in [6.07, 6.45) is 0. The molecule has 0 saturated carbocycles. The third-order valence-electron chi connectivity index (χ3n) is 2.66. The molecule has 0 aliphatic rings. The highest BCUT2D eigenvalue weighted by atomic mass is 16.5. The molecule has 4 heteroatoms. The molecule has 4 nitrogen and oxygen atoms in total. The highest BCUT2D eigenvalue weighted by Crippen LogP contribution is 2.26. The van der Waals surface area contributed by atoms with Crippen molar-refractivity contribution in [3.8, 4) is 11.8 Å². The van der Waals surface area contributed by atoms with Gasteiger partial charge < -0.3 is 14.5 Å². The van der Waals surface area contributed by atoms with Crippen LogP contribution in [0.15, 0.2) is 34.7 Å². The van der Waals surface area contributed by atoms with Gasteiger partial charge in [0, 0.05) is 0 Å². The Morgan fingerprint density at radius 3 is 2.84 bits per heavy atom. The number of furan rings is 1. The molecule has 0 saturated heterocycles. The number of ether oxygens (including phenoxy) is 1. The Morgan fingerprint density at radius 1 is 1.32 bits per heavy atom. The van der Waals surface area contributed by atoms with Crippen molar-refractivity contribution in [3.63, 3.8) is 0 Å². The number of hydrogen-bond donors (Lipinski definition) is 1. The zero-order chi connectivity index (χ0) is 13.7. The Balaban J connectivity index is 2.08. The van der Waals surface area contributed by atoms with Crippen molar-refractivity contribution in [2.24, 2.45) is 0 Å². The largest absolute Gasteiger partial charge is 0.492 e. The Morgan fingerprint density at radius 2 is 2.16 bits per heavy atom. The molecular weight excluding hydrogens is 240 g/mol. The van der Waals surface area contributed by atoms with Crippen LogP contribution in [0.2, 0.25) is 0 Å². The monoisotopic (exact) mass is 256 g/mol. The number of aryl methyl sites for hydroxylation is 1. The Labute approximate surface area is 112 Å². The van der Waals surface area contributed by atoms with E-state index in [-0.39, 0.29) is 0 Å². The summed E-state index contributed by atoms with van der Waals surface area (Å²) in [5, 5.41) is 11.9. The van der Waals surface area contributed by atoms with Crippen molar-refractivity contribution in [2.75, 3.05) is 11.9 Å². The fraction of sp³-hybridized carbons (Fsp3) is 0.267. The molecule has 98 valence electrons. The summed E-state index contributed by atoms with van der Waals surface area (Å²) in [4.78, 5) is 0. The quantitative estimate of drug-likeness (QED) is 0.889. The van der Waals surface area contributed by atoms with Crippen molar-refractivity contribution in [1.29, 1.82) is 5.26 Å². The van der Waals surface area contributed by atoms with Crippen molar-refractivity contribution in [2.45, 2.75) is 20.4 Å². The van der Waals surface area contributed by atoms with E-state index in [1.165, 1.54) is 0 Å². The van der Waals surface area contributed by atoms with Crippen LogP contribution in [0, 0.1) is 18.3 Å². The van der Waals surface area contributed by atoms with Gasteiger partial charge in [-0.3, -0.25) is 0 Å². The van der Waals surface area contributed by atoms with Crippen molar-refractivity contribution in [3.05, 3.63) is 47.4 Å². The predicted octanol–water partition coefficient (Wildman–Crippen LogP) is 3.47. The first-order valence-corrected chi connectivity index (χ1v) is 6.19. The number of hydrogen-bond acceptors (Lipinski definition) is 4. The summed E-state index contributed by atoms with van der Waals surface area (Å²) >= 11 is 0. The molecule has 0 bridgehead atoms. The van der Waals surface area contributed by atoms with Crippen molar-refractivity contribution < 1.29 is 9.15 Å². The lowest BCUT2D eigenvalue weighted by atomic mass is 10.2. The number of anilines is 1. The minimum Gasteiger partial charge on any atom is -0.492 e. The summed E-state index contributed by atoms with van der Waals surface area (Å²) in [5.41, 5.74) is 2.07. The van der Waals surface area contributed by atoms with Crippen LogP contribution in [-0.4, -0.2) is 6.61 Å². The predicted molar refractivity (Wildman–Crippen MR) is 73.1 cm³/mol. The SMILES string of the molecule is CCOc1cc(C)ccc1NCc1ccc(C#N)o1. The molecule has 0 atom stereocenters. The molecule has 19 heavy (non-hydrogen) atoms. The van der Waals surface area contributed by atoms with Gasteiger partial charge in [-0.1, -0.05) is 6.07 Å². The molecule has 2 rings (SSSR count). The van der Waals surface area contributed by atoms with Gasteiger partial charge in [-0.15, -0.1) is 0 Å². The molecule has 0 aliphatic heterocycles. The topological polar surface area (TPSA) is 58.2 Å². The fourth-order valence-corrected chi connectivity index (χ4v) is 1.77. The van der Waals surface area contributed by atoms with Gasteiger partial charge >= 0.3 is 0 Å². The van der Waals surface area contributed by atoms with E-state index in [1.807, 2.05) is 38.1 Å². The zero-order valence-electron chi connectivity index (χ0n) is 11.1. The molecule has 1 aromatic carbocycles. The van der Waals surface area contributed by atoms with E-state index in [9.17, 15) is 0 Å². The molecule has 0 amide bonds. The van der Waals surface area contributed by atoms with Gasteiger partial charge in [0.25, 0.3) is 0 Å². The van der Waals surface area contributed by atoms with Gasteiger partial charge in [0.1, 0.15) is 17.6 Å². The van der Waals surface area contributed by atoms with Gasteiger partial charge in [-0.05, 0) is 43.7 Å². The molecule has 0 radical (unpaired) electrons. The van der Waals surface area contributed by atoms with Crippen LogP contribution in [0.3, 0.4) is 0 Å². The average molecular weight is 256 g/mol.